The van der Waals surface area contributed by atoms with Gasteiger partial charge in [0, 0.05) is 41.6 Å². The summed E-state index contributed by atoms with van der Waals surface area (Å²) in [6.07, 6.45) is 6.32. The van der Waals surface area contributed by atoms with Crippen molar-refractivity contribution in [3.05, 3.63) is 77.7 Å². The number of likely N-dealkylation sites (tertiary alicyclic amines) is 1. The fraction of sp³-hybridized carbons (Fsp3) is 0.281. The van der Waals surface area contributed by atoms with E-state index in [0.717, 1.165) is 39.8 Å². The number of benzene rings is 2. The van der Waals surface area contributed by atoms with Crippen LogP contribution in [0.4, 0.5) is 11.6 Å². The molecule has 0 amide bonds. The quantitative estimate of drug-likeness (QED) is 0.252. The number of fused-ring (bicyclic) bond motifs is 2. The Balaban J connectivity index is 1.25. The van der Waals surface area contributed by atoms with Crippen LogP contribution in [0.5, 0.6) is 5.75 Å². The van der Waals surface area contributed by atoms with Gasteiger partial charge in [0.25, 0.3) is 0 Å². The lowest BCUT2D eigenvalue weighted by molar-refractivity contribution is 0.238. The summed E-state index contributed by atoms with van der Waals surface area (Å²) in [5.74, 6) is 7.90. The summed E-state index contributed by atoms with van der Waals surface area (Å²) in [7, 11) is 0. The van der Waals surface area contributed by atoms with Gasteiger partial charge in [0.1, 0.15) is 29.8 Å². The van der Waals surface area contributed by atoms with E-state index in [4.69, 9.17) is 9.72 Å². The lowest BCUT2D eigenvalue weighted by Gasteiger charge is -2.15. The fourth-order valence-electron chi connectivity index (χ4n) is 5.19. The molecule has 0 radical (unpaired) electrons. The van der Waals surface area contributed by atoms with E-state index in [1.54, 1.807) is 0 Å². The number of para-hydroxylation sites is 1. The summed E-state index contributed by atoms with van der Waals surface area (Å²) in [6.45, 7) is 8.20. The molecule has 0 aliphatic carbocycles. The molecular formula is C32H31N7O. The molecule has 8 heteroatoms. The second kappa shape index (κ2) is 11.1. The third kappa shape index (κ3) is 5.22. The highest BCUT2D eigenvalue weighted by atomic mass is 16.5. The number of hydrogen-bond acceptors (Lipinski definition) is 6. The van der Waals surface area contributed by atoms with Crippen molar-refractivity contribution in [3.8, 4) is 23.7 Å². The maximum absolute atomic E-state index is 9.63. The van der Waals surface area contributed by atoms with Crippen LogP contribution in [0.1, 0.15) is 49.6 Å². The van der Waals surface area contributed by atoms with E-state index in [2.05, 4.69) is 56.5 Å². The summed E-state index contributed by atoms with van der Waals surface area (Å²) >= 11 is 0. The molecule has 0 unspecified atom stereocenters. The van der Waals surface area contributed by atoms with Gasteiger partial charge in [0.05, 0.1) is 16.5 Å². The second-order valence-electron chi connectivity index (χ2n) is 10.3. The molecule has 1 aliphatic heterocycles. The average molecular weight is 530 g/mol. The van der Waals surface area contributed by atoms with Crippen LogP contribution in [0.25, 0.3) is 21.9 Å². The zero-order valence-corrected chi connectivity index (χ0v) is 22.7. The molecule has 3 aromatic heterocycles. The smallest absolute Gasteiger partial charge is 0.230 e. The third-order valence-electron chi connectivity index (χ3n) is 7.25. The number of nitrogens with zero attached hydrogens (tertiary/aromatic N) is 5. The Hall–Kier alpha value is -4.79. The van der Waals surface area contributed by atoms with Crippen LogP contribution in [0.2, 0.25) is 0 Å². The molecule has 5 aromatic rings. The highest BCUT2D eigenvalue weighted by Crippen LogP contribution is 2.27. The molecule has 0 spiro atoms. The number of nitriles is 1. The van der Waals surface area contributed by atoms with Crippen LogP contribution in [-0.2, 0) is 0 Å². The van der Waals surface area contributed by atoms with Gasteiger partial charge >= 0.3 is 0 Å². The second-order valence-corrected chi connectivity index (χ2v) is 10.3. The minimum atomic E-state index is 0.195. The first-order valence-electron chi connectivity index (χ1n) is 13.7. The molecule has 8 nitrogen and oxygen atoms in total. The van der Waals surface area contributed by atoms with Gasteiger partial charge in [-0.05, 0) is 82.1 Å². The summed E-state index contributed by atoms with van der Waals surface area (Å²) in [5.41, 5.74) is 4.65. The number of anilines is 2. The van der Waals surface area contributed by atoms with Gasteiger partial charge in [-0.2, -0.15) is 10.2 Å². The van der Waals surface area contributed by atoms with Crippen LogP contribution in [0.15, 0.2) is 60.9 Å². The Morgan fingerprint density at radius 3 is 2.60 bits per heavy atom. The molecule has 1 saturated heterocycles. The Morgan fingerprint density at radius 2 is 1.82 bits per heavy atom. The van der Waals surface area contributed by atoms with Gasteiger partial charge in [-0.1, -0.05) is 18.1 Å². The zero-order chi connectivity index (χ0) is 27.5. The van der Waals surface area contributed by atoms with E-state index < -0.39 is 0 Å². The van der Waals surface area contributed by atoms with E-state index in [1.807, 2.05) is 60.9 Å². The lowest BCUT2D eigenvalue weighted by Crippen LogP contribution is -2.25. The molecule has 4 heterocycles. The van der Waals surface area contributed by atoms with Crippen molar-refractivity contribution in [1.29, 1.82) is 5.26 Å². The van der Waals surface area contributed by atoms with Gasteiger partial charge in [0.15, 0.2) is 0 Å². The Kier molecular flexibility index (Phi) is 7.09. The molecule has 1 fully saturated rings. The number of ether oxygens (including phenoxy) is 1. The first-order valence-corrected chi connectivity index (χ1v) is 13.7. The van der Waals surface area contributed by atoms with Crippen molar-refractivity contribution in [3.63, 3.8) is 0 Å². The number of nitrogens with one attached hydrogen (secondary N) is 2. The van der Waals surface area contributed by atoms with Gasteiger partial charge in [-0.25, -0.2) is 4.98 Å². The van der Waals surface area contributed by atoms with E-state index >= 15 is 0 Å². The minimum absolute atomic E-state index is 0.195. The molecule has 0 atom stereocenters. The van der Waals surface area contributed by atoms with E-state index in [9.17, 15) is 5.26 Å². The molecule has 2 N–H and O–H groups in total. The van der Waals surface area contributed by atoms with Crippen molar-refractivity contribution >= 4 is 33.6 Å². The lowest BCUT2D eigenvalue weighted by atomic mass is 10.1. The number of H-pyrrole nitrogens is 1. The van der Waals surface area contributed by atoms with Crippen molar-refractivity contribution in [2.24, 2.45) is 0 Å². The summed E-state index contributed by atoms with van der Waals surface area (Å²) in [5, 5.41) is 14.7. The molecule has 0 saturated carbocycles. The van der Waals surface area contributed by atoms with Crippen molar-refractivity contribution in [2.75, 3.05) is 31.6 Å². The number of hydrogen-bond donors (Lipinski definition) is 2. The molecule has 2 aromatic carbocycles. The molecule has 200 valence electrons. The first-order chi connectivity index (χ1) is 19.6. The van der Waals surface area contributed by atoms with Crippen LogP contribution in [0.3, 0.4) is 0 Å². The van der Waals surface area contributed by atoms with E-state index in [0.29, 0.717) is 29.5 Å². The van der Waals surface area contributed by atoms with Crippen LogP contribution < -0.4 is 10.1 Å². The Bertz CT molecular complexity index is 1760. The molecule has 40 heavy (non-hydrogen) atoms. The summed E-state index contributed by atoms with van der Waals surface area (Å²) in [4.78, 5) is 15.0. The van der Waals surface area contributed by atoms with Crippen molar-refractivity contribution in [2.45, 2.75) is 32.7 Å². The fourth-order valence-corrected chi connectivity index (χ4v) is 5.19. The van der Waals surface area contributed by atoms with Gasteiger partial charge in [-0.3, -0.25) is 4.90 Å². The van der Waals surface area contributed by atoms with Crippen LogP contribution >= 0.6 is 0 Å². The maximum atomic E-state index is 9.63. The molecule has 1 aliphatic rings. The Labute approximate surface area is 233 Å². The minimum Gasteiger partial charge on any atom is -0.492 e. The predicted octanol–water partition coefficient (Wildman–Crippen LogP) is 5.98. The summed E-state index contributed by atoms with van der Waals surface area (Å²) in [6, 6.07) is 18.2. The highest BCUT2D eigenvalue weighted by molar-refractivity contribution is 5.91. The van der Waals surface area contributed by atoms with E-state index in [-0.39, 0.29) is 6.04 Å². The monoisotopic (exact) mass is 529 g/mol. The number of aromatic nitrogens is 4. The first kappa shape index (κ1) is 25.5. The van der Waals surface area contributed by atoms with Gasteiger partial charge in [-0.15, -0.1) is 0 Å². The van der Waals surface area contributed by atoms with Crippen LogP contribution in [-0.4, -0.2) is 50.7 Å². The average Bonchev–Trinajstić information content (AvgIpc) is 3.73. The van der Waals surface area contributed by atoms with Crippen molar-refractivity contribution < 1.29 is 4.74 Å². The molecule has 6 rings (SSSR count). The molecule has 0 bridgehead atoms. The zero-order valence-electron chi connectivity index (χ0n) is 22.7. The standard InChI is InChI=1S/C32H31N7O/c1-22(2)39-21-24(20-33)27-7-5-6-23(30(27)39)8-13-29-28-14-15-34-31(28)37-32(36-29)35-25-9-11-26(12-10-25)40-19-18-38-16-3-4-17-38/h5-7,9-12,14-15,21-22H,3-4,16-19H2,1-2H3,(H2,34,35,36,37). The Morgan fingerprint density at radius 1 is 1.00 bits per heavy atom. The van der Waals surface area contributed by atoms with Gasteiger partial charge < -0.3 is 19.6 Å². The third-order valence-corrected chi connectivity index (χ3v) is 7.25. The predicted molar refractivity (Wildman–Crippen MR) is 158 cm³/mol. The highest BCUT2D eigenvalue weighted by Gasteiger charge is 2.14. The SMILES string of the molecule is CC(C)n1cc(C#N)c2cccc(C#Cc3nc(Nc4ccc(OCCN5CCCC5)cc4)nc4[nH]ccc34)c21. The van der Waals surface area contributed by atoms with Gasteiger partial charge in [0.2, 0.25) is 5.95 Å². The normalized spacial score (nSPS) is 13.4. The summed E-state index contributed by atoms with van der Waals surface area (Å²) < 4.78 is 8.04. The topological polar surface area (TPSA) is 94.8 Å². The maximum Gasteiger partial charge on any atom is 0.230 e. The van der Waals surface area contributed by atoms with Crippen LogP contribution in [0, 0.1) is 23.2 Å². The van der Waals surface area contributed by atoms with Crippen molar-refractivity contribution in [1.82, 2.24) is 24.4 Å². The van der Waals surface area contributed by atoms with E-state index in [1.165, 1.54) is 25.9 Å². The largest absolute Gasteiger partial charge is 0.492 e. The number of aromatic amines is 1. The molecular weight excluding hydrogens is 498 g/mol. The number of rotatable bonds is 7.